The molecule has 0 saturated heterocycles. The van der Waals surface area contributed by atoms with Crippen molar-refractivity contribution in [2.24, 2.45) is 0 Å². The zero-order valence-electron chi connectivity index (χ0n) is 42.8. The first-order valence-electron chi connectivity index (χ1n) is 25.0. The first kappa shape index (κ1) is 52.0. The zero-order valence-corrected chi connectivity index (χ0v) is 42.8. The average molecular weight is 891 g/mol. The molecule has 0 radical (unpaired) electrons. The van der Waals surface area contributed by atoms with Crippen LogP contribution in [0.1, 0.15) is 110 Å². The van der Waals surface area contributed by atoms with E-state index >= 15 is 0 Å². The van der Waals surface area contributed by atoms with Crippen LogP contribution in [0.25, 0.3) is 39.0 Å². The Hall–Kier alpha value is -7.02. The van der Waals surface area contributed by atoms with E-state index in [1.54, 1.807) is 0 Å². The standard InChI is InChI=1S/C34H28.C15H16.C13H12.3C2H6/c1-23-12-11-16-27(22-23)34(26-14-5-4-6-15-26)31-19-10-9-18-30(31)33-25(3)29(20-21-32(33)34)28-17-8-7-13-24(28)2;1-13-9-11-15(12-10-13)14-7-5-3-2-4-6-8-14;1-11-7-9-13(10-8-11)12-5-3-2-4-6-12;3*1-2/h4-22H,1-3H3;2-5,8-12H,6-7H2,1H3;2-10H,1H3;3*1-2H3/b;4-2-,5-3-,14-8+;;;;. The Bertz CT molecular complexity index is 2850. The van der Waals surface area contributed by atoms with Crippen molar-refractivity contribution in [2.75, 3.05) is 0 Å². The summed E-state index contributed by atoms with van der Waals surface area (Å²) < 4.78 is 0. The molecule has 0 nitrogen and oxygen atoms in total. The number of aryl methyl sites for hydroxylation is 4. The molecule has 0 N–H and O–H groups in total. The number of hydrogen-bond acceptors (Lipinski definition) is 0. The van der Waals surface area contributed by atoms with Crippen LogP contribution in [0.4, 0.5) is 0 Å². The first-order valence-corrected chi connectivity index (χ1v) is 25.0. The van der Waals surface area contributed by atoms with Crippen LogP contribution in [0.2, 0.25) is 0 Å². The highest BCUT2D eigenvalue weighted by molar-refractivity contribution is 5.92. The molecule has 0 fully saturated rings. The van der Waals surface area contributed by atoms with E-state index in [-0.39, 0.29) is 5.41 Å². The Kier molecular flexibility index (Phi) is 20.1. The molecule has 0 saturated carbocycles. The molecule has 2 aliphatic carbocycles. The van der Waals surface area contributed by atoms with Crippen molar-refractivity contribution in [2.45, 2.75) is 94.4 Å². The van der Waals surface area contributed by atoms with Crippen molar-refractivity contribution in [1.29, 1.82) is 0 Å². The van der Waals surface area contributed by atoms with E-state index in [4.69, 9.17) is 0 Å². The summed E-state index contributed by atoms with van der Waals surface area (Å²) in [6.45, 7) is 22.9. The summed E-state index contributed by atoms with van der Waals surface area (Å²) in [7, 11) is 0. The quantitative estimate of drug-likeness (QED) is 0.162. The van der Waals surface area contributed by atoms with Crippen LogP contribution < -0.4 is 0 Å². The fourth-order valence-electron chi connectivity index (χ4n) is 9.17. The summed E-state index contributed by atoms with van der Waals surface area (Å²) in [5, 5.41) is 0. The fraction of sp³-hybridized carbons (Fsp3) is 0.206. The Morgan fingerprint density at radius 3 is 1.53 bits per heavy atom. The molecule has 0 aromatic heterocycles. The molecule has 8 aromatic carbocycles. The molecular formula is C68H74. The van der Waals surface area contributed by atoms with E-state index in [1.165, 1.54) is 94.6 Å². The van der Waals surface area contributed by atoms with Gasteiger partial charge in [-0.3, -0.25) is 0 Å². The summed E-state index contributed by atoms with van der Waals surface area (Å²) in [6.07, 6.45) is 13.0. The molecule has 0 heterocycles. The van der Waals surface area contributed by atoms with Crippen LogP contribution in [0.3, 0.4) is 0 Å². The predicted octanol–water partition coefficient (Wildman–Crippen LogP) is 19.7. The largest absolute Gasteiger partial charge is 0.0807 e. The maximum Gasteiger partial charge on any atom is 0.0713 e. The minimum Gasteiger partial charge on any atom is -0.0807 e. The second-order valence-corrected chi connectivity index (χ2v) is 16.6. The lowest BCUT2D eigenvalue weighted by Crippen LogP contribution is -2.28. The molecule has 0 heteroatoms. The summed E-state index contributed by atoms with van der Waals surface area (Å²) in [6, 6.07) is 70.3. The summed E-state index contributed by atoms with van der Waals surface area (Å²) in [4.78, 5) is 0. The average Bonchev–Trinajstić information content (AvgIpc) is 3.69. The van der Waals surface area contributed by atoms with Crippen LogP contribution in [0.5, 0.6) is 0 Å². The topological polar surface area (TPSA) is 0 Å². The van der Waals surface area contributed by atoms with E-state index in [0.717, 1.165) is 12.8 Å². The van der Waals surface area contributed by atoms with Gasteiger partial charge in [0.2, 0.25) is 0 Å². The van der Waals surface area contributed by atoms with E-state index in [0.29, 0.717) is 0 Å². The smallest absolute Gasteiger partial charge is 0.0713 e. The third-order valence-corrected chi connectivity index (χ3v) is 12.4. The van der Waals surface area contributed by atoms with Crippen molar-refractivity contribution in [3.05, 3.63) is 280 Å². The molecule has 0 amide bonds. The number of fused-ring (bicyclic) bond motifs is 3. The Balaban J connectivity index is 0.000000210. The highest BCUT2D eigenvalue weighted by Gasteiger charge is 2.46. The van der Waals surface area contributed by atoms with Crippen molar-refractivity contribution in [3.8, 4) is 33.4 Å². The molecule has 0 bridgehead atoms. The highest BCUT2D eigenvalue weighted by Crippen LogP contribution is 2.58. The van der Waals surface area contributed by atoms with E-state index < -0.39 is 0 Å². The van der Waals surface area contributed by atoms with Crippen molar-refractivity contribution in [1.82, 2.24) is 0 Å². The van der Waals surface area contributed by atoms with Gasteiger partial charge in [0.25, 0.3) is 0 Å². The Morgan fingerprint density at radius 2 is 0.897 bits per heavy atom. The minimum atomic E-state index is -0.339. The van der Waals surface area contributed by atoms with Crippen molar-refractivity contribution in [3.63, 3.8) is 0 Å². The lowest BCUT2D eigenvalue weighted by atomic mass is 9.67. The summed E-state index contributed by atoms with van der Waals surface area (Å²) in [5.74, 6) is 0. The molecule has 68 heavy (non-hydrogen) atoms. The number of benzene rings is 8. The maximum atomic E-state index is 2.39. The van der Waals surface area contributed by atoms with Gasteiger partial charge in [0.1, 0.15) is 0 Å². The molecular weight excluding hydrogens is 817 g/mol. The monoisotopic (exact) mass is 891 g/mol. The minimum absolute atomic E-state index is 0.339. The van der Waals surface area contributed by atoms with Gasteiger partial charge in [0, 0.05) is 0 Å². The first-order chi connectivity index (χ1) is 33.3. The van der Waals surface area contributed by atoms with Crippen LogP contribution in [-0.4, -0.2) is 0 Å². The lowest BCUT2D eigenvalue weighted by molar-refractivity contribution is 0.767. The lowest BCUT2D eigenvalue weighted by Gasteiger charge is -2.34. The van der Waals surface area contributed by atoms with E-state index in [9.17, 15) is 0 Å². The second kappa shape index (κ2) is 26.4. The predicted molar refractivity (Wildman–Crippen MR) is 301 cm³/mol. The SMILES string of the molecule is CC.CC.CC.Cc1ccc(-c2ccccc2)cc1.Cc1ccc(/C2=C/C/C=C\C=C/C2)cc1.Cc1cccc(C2(c3ccccc3)c3ccccc3-c3c2ccc(-c2ccccc2C)c3C)c1. The zero-order chi connectivity index (χ0) is 48.9. The highest BCUT2D eigenvalue weighted by atomic mass is 14.5. The van der Waals surface area contributed by atoms with Crippen LogP contribution in [-0.2, 0) is 5.41 Å². The number of hydrogen-bond donors (Lipinski definition) is 0. The van der Waals surface area contributed by atoms with Gasteiger partial charge >= 0.3 is 0 Å². The molecule has 1 unspecified atom stereocenters. The molecule has 0 spiro atoms. The number of rotatable bonds is 5. The molecule has 10 rings (SSSR count). The number of allylic oxidation sites excluding steroid dienone is 6. The molecule has 346 valence electrons. The molecule has 8 aromatic rings. The van der Waals surface area contributed by atoms with Crippen molar-refractivity contribution >= 4 is 5.57 Å². The Labute approximate surface area is 411 Å². The second-order valence-electron chi connectivity index (χ2n) is 16.6. The van der Waals surface area contributed by atoms with Gasteiger partial charge in [-0.1, -0.05) is 283 Å². The van der Waals surface area contributed by atoms with Gasteiger partial charge in [-0.15, -0.1) is 0 Å². The molecule has 0 aliphatic heterocycles. The third kappa shape index (κ3) is 12.1. The van der Waals surface area contributed by atoms with Crippen molar-refractivity contribution < 1.29 is 0 Å². The van der Waals surface area contributed by atoms with Crippen LogP contribution in [0.15, 0.2) is 225 Å². The van der Waals surface area contributed by atoms with Gasteiger partial charge in [0.15, 0.2) is 0 Å². The normalized spacial score (nSPS) is 15.4. The molecule has 1 atom stereocenters. The van der Waals surface area contributed by atoms with Crippen LogP contribution in [0, 0.1) is 34.6 Å². The van der Waals surface area contributed by atoms with Crippen LogP contribution >= 0.6 is 0 Å². The van der Waals surface area contributed by atoms with Gasteiger partial charge in [-0.05, 0) is 125 Å². The van der Waals surface area contributed by atoms with Gasteiger partial charge in [-0.25, -0.2) is 0 Å². The summed E-state index contributed by atoms with van der Waals surface area (Å²) in [5.41, 5.74) is 22.3. The third-order valence-electron chi connectivity index (χ3n) is 12.4. The van der Waals surface area contributed by atoms with E-state index in [1.807, 2.05) is 47.6 Å². The van der Waals surface area contributed by atoms with Gasteiger partial charge < -0.3 is 0 Å². The Morgan fingerprint density at radius 1 is 0.368 bits per heavy atom. The van der Waals surface area contributed by atoms with Gasteiger partial charge in [-0.2, -0.15) is 0 Å². The summed E-state index contributed by atoms with van der Waals surface area (Å²) >= 11 is 0. The van der Waals surface area contributed by atoms with E-state index in [2.05, 4.69) is 253 Å². The maximum absolute atomic E-state index is 2.39. The fourth-order valence-corrected chi connectivity index (χ4v) is 9.17. The molecule has 2 aliphatic rings. The van der Waals surface area contributed by atoms with Gasteiger partial charge in [0.05, 0.1) is 5.41 Å².